The Labute approximate surface area is 126 Å². The monoisotopic (exact) mass is 291 g/mol. The van der Waals surface area contributed by atoms with Crippen molar-refractivity contribution < 1.29 is 14.6 Å². The van der Waals surface area contributed by atoms with Crippen molar-refractivity contribution in [3.05, 3.63) is 28.8 Å². The Bertz CT molecular complexity index is 528. The lowest BCUT2D eigenvalue weighted by molar-refractivity contribution is -0.152. The molecule has 21 heavy (non-hydrogen) atoms. The number of aliphatic carboxylic acids is 1. The maximum atomic E-state index is 11.2. The number of ether oxygens (including phenoxy) is 1. The van der Waals surface area contributed by atoms with Gasteiger partial charge in [0.25, 0.3) is 0 Å². The molecule has 116 valence electrons. The lowest BCUT2D eigenvalue weighted by Gasteiger charge is -2.25. The minimum atomic E-state index is -1.22. The van der Waals surface area contributed by atoms with Gasteiger partial charge < -0.3 is 14.7 Å². The van der Waals surface area contributed by atoms with Crippen LogP contribution >= 0.6 is 0 Å². The number of carbonyl (C=O) groups is 1. The highest BCUT2D eigenvalue weighted by molar-refractivity contribution is 5.77. The second-order valence-corrected chi connectivity index (χ2v) is 6.65. The highest BCUT2D eigenvalue weighted by atomic mass is 16.5. The Hall–Kier alpha value is -1.55. The summed E-state index contributed by atoms with van der Waals surface area (Å²) >= 11 is 0. The summed E-state index contributed by atoms with van der Waals surface area (Å²) in [5, 5.41) is 9.21. The second-order valence-electron chi connectivity index (χ2n) is 6.65. The summed E-state index contributed by atoms with van der Waals surface area (Å²) in [6.07, 6.45) is 1.18. The number of carboxylic acids is 1. The highest BCUT2D eigenvalue weighted by Gasteiger charge is 2.31. The van der Waals surface area contributed by atoms with E-state index in [4.69, 9.17) is 4.74 Å². The van der Waals surface area contributed by atoms with Crippen LogP contribution in [0.1, 0.15) is 42.9 Å². The molecule has 1 aliphatic rings. The minimum Gasteiger partial charge on any atom is -0.478 e. The normalized spacial score (nSPS) is 19.8. The molecule has 0 saturated carbocycles. The third-order valence-electron chi connectivity index (χ3n) is 4.22. The summed E-state index contributed by atoms with van der Waals surface area (Å²) in [6.45, 7) is 9.35. The number of likely N-dealkylation sites (tertiary alicyclic amines) is 1. The summed E-state index contributed by atoms with van der Waals surface area (Å²) in [4.78, 5) is 13.6. The molecule has 1 aromatic rings. The van der Waals surface area contributed by atoms with E-state index in [2.05, 4.69) is 24.1 Å². The fourth-order valence-electron chi connectivity index (χ4n) is 2.89. The molecule has 2 rings (SSSR count). The fraction of sp³-hybridized carbons (Fsp3) is 0.588. The molecule has 1 unspecified atom stereocenters. The van der Waals surface area contributed by atoms with E-state index >= 15 is 0 Å². The molecule has 1 N–H and O–H groups in total. The lowest BCUT2D eigenvalue weighted by Crippen LogP contribution is -2.38. The van der Waals surface area contributed by atoms with E-state index in [9.17, 15) is 9.90 Å². The fourth-order valence-corrected chi connectivity index (χ4v) is 2.89. The van der Waals surface area contributed by atoms with Crippen LogP contribution in [-0.4, -0.2) is 41.7 Å². The minimum absolute atomic E-state index is 0.564. The van der Waals surface area contributed by atoms with Gasteiger partial charge in [0.2, 0.25) is 0 Å². The largest absolute Gasteiger partial charge is 0.478 e. The molecule has 1 fully saturated rings. The van der Waals surface area contributed by atoms with Crippen LogP contribution in [-0.2, 0) is 4.79 Å². The van der Waals surface area contributed by atoms with Crippen LogP contribution in [0.4, 0.5) is 0 Å². The molecule has 1 atom stereocenters. The van der Waals surface area contributed by atoms with Crippen LogP contribution in [0.15, 0.2) is 12.1 Å². The molecule has 4 nitrogen and oxygen atoms in total. The molecule has 0 bridgehead atoms. The van der Waals surface area contributed by atoms with Gasteiger partial charge in [0.05, 0.1) is 0 Å². The summed E-state index contributed by atoms with van der Waals surface area (Å²) in [7, 11) is 2.15. The van der Waals surface area contributed by atoms with Crippen molar-refractivity contribution in [1.29, 1.82) is 0 Å². The Morgan fingerprint density at radius 2 is 1.90 bits per heavy atom. The number of hydrogen-bond donors (Lipinski definition) is 1. The summed E-state index contributed by atoms with van der Waals surface area (Å²) in [5.41, 5.74) is 2.13. The number of rotatable bonds is 4. The van der Waals surface area contributed by atoms with Crippen LogP contribution in [0.25, 0.3) is 0 Å². The predicted octanol–water partition coefficient (Wildman–Crippen LogP) is 2.96. The molecular formula is C17H25NO3. The van der Waals surface area contributed by atoms with Gasteiger partial charge in [-0.05, 0) is 70.3 Å². The first-order valence-corrected chi connectivity index (χ1v) is 7.43. The number of hydrogen-bond acceptors (Lipinski definition) is 3. The summed E-state index contributed by atoms with van der Waals surface area (Å²) < 4.78 is 5.75. The van der Waals surface area contributed by atoms with Gasteiger partial charge in [0.15, 0.2) is 5.60 Å². The van der Waals surface area contributed by atoms with E-state index < -0.39 is 11.6 Å². The first-order valence-electron chi connectivity index (χ1n) is 7.43. The van der Waals surface area contributed by atoms with E-state index in [0.717, 1.165) is 24.2 Å². The van der Waals surface area contributed by atoms with E-state index in [-0.39, 0.29) is 0 Å². The number of benzene rings is 1. The average molecular weight is 291 g/mol. The molecule has 1 heterocycles. The van der Waals surface area contributed by atoms with Crippen LogP contribution < -0.4 is 4.74 Å². The van der Waals surface area contributed by atoms with Crippen molar-refractivity contribution in [2.45, 2.75) is 45.6 Å². The molecule has 4 heteroatoms. The molecular weight excluding hydrogens is 266 g/mol. The number of carboxylic acid groups (broad SMARTS) is 1. The third-order valence-corrected chi connectivity index (χ3v) is 4.22. The average Bonchev–Trinajstić information content (AvgIpc) is 2.80. The van der Waals surface area contributed by atoms with E-state index in [1.54, 1.807) is 13.8 Å². The van der Waals surface area contributed by atoms with Gasteiger partial charge in [-0.1, -0.05) is 12.1 Å². The zero-order valence-corrected chi connectivity index (χ0v) is 13.6. The van der Waals surface area contributed by atoms with Crippen LogP contribution in [0.5, 0.6) is 5.75 Å². The summed E-state index contributed by atoms with van der Waals surface area (Å²) in [6, 6.07) is 4.29. The van der Waals surface area contributed by atoms with Gasteiger partial charge in [0, 0.05) is 6.54 Å². The van der Waals surface area contributed by atoms with Crippen LogP contribution in [0, 0.1) is 13.8 Å². The summed E-state index contributed by atoms with van der Waals surface area (Å²) in [5.74, 6) is 0.300. The topological polar surface area (TPSA) is 49.8 Å². The van der Waals surface area contributed by atoms with Crippen LogP contribution in [0.2, 0.25) is 0 Å². The van der Waals surface area contributed by atoms with Gasteiger partial charge in [-0.2, -0.15) is 0 Å². The maximum Gasteiger partial charge on any atom is 0.347 e. The molecule has 1 aliphatic heterocycles. The molecule has 0 aromatic heterocycles. The zero-order chi connectivity index (χ0) is 15.8. The number of nitrogens with zero attached hydrogens (tertiary/aromatic N) is 1. The van der Waals surface area contributed by atoms with E-state index in [1.807, 2.05) is 13.8 Å². The maximum absolute atomic E-state index is 11.2. The van der Waals surface area contributed by atoms with Crippen LogP contribution in [0.3, 0.4) is 0 Å². The van der Waals surface area contributed by atoms with Gasteiger partial charge in [-0.25, -0.2) is 4.79 Å². The third kappa shape index (κ3) is 3.38. The van der Waals surface area contributed by atoms with Gasteiger partial charge >= 0.3 is 5.97 Å². The molecule has 0 aliphatic carbocycles. The van der Waals surface area contributed by atoms with E-state index in [1.165, 1.54) is 12.0 Å². The Morgan fingerprint density at radius 1 is 1.33 bits per heavy atom. The SMILES string of the molecule is Cc1cc(C2CCN(C)C2)cc(C)c1OC(C)(C)C(=O)O. The Morgan fingerprint density at radius 3 is 2.33 bits per heavy atom. The number of aryl methyl sites for hydroxylation is 2. The van der Waals surface area contributed by atoms with Gasteiger partial charge in [0.1, 0.15) is 5.75 Å². The molecule has 0 spiro atoms. The van der Waals surface area contributed by atoms with Crippen molar-refractivity contribution >= 4 is 5.97 Å². The first-order chi connectivity index (χ1) is 9.70. The van der Waals surface area contributed by atoms with Crippen molar-refractivity contribution in [3.63, 3.8) is 0 Å². The molecule has 1 aromatic carbocycles. The van der Waals surface area contributed by atoms with Crippen molar-refractivity contribution in [2.75, 3.05) is 20.1 Å². The first kappa shape index (κ1) is 15.8. The lowest BCUT2D eigenvalue weighted by atomic mass is 9.94. The van der Waals surface area contributed by atoms with E-state index in [0.29, 0.717) is 11.7 Å². The second kappa shape index (κ2) is 5.68. The Kier molecular flexibility index (Phi) is 4.28. The van der Waals surface area contributed by atoms with Gasteiger partial charge in [-0.3, -0.25) is 0 Å². The number of likely N-dealkylation sites (N-methyl/N-ethyl adjacent to an activating group) is 1. The van der Waals surface area contributed by atoms with Gasteiger partial charge in [-0.15, -0.1) is 0 Å². The zero-order valence-electron chi connectivity index (χ0n) is 13.6. The molecule has 1 saturated heterocycles. The van der Waals surface area contributed by atoms with Crippen molar-refractivity contribution in [3.8, 4) is 5.75 Å². The van der Waals surface area contributed by atoms with Crippen molar-refractivity contribution in [1.82, 2.24) is 4.90 Å². The predicted molar refractivity (Wildman–Crippen MR) is 83.1 cm³/mol. The highest BCUT2D eigenvalue weighted by Crippen LogP contribution is 2.34. The molecule has 0 amide bonds. The molecule has 0 radical (unpaired) electrons. The van der Waals surface area contributed by atoms with Crippen molar-refractivity contribution in [2.24, 2.45) is 0 Å². The quantitative estimate of drug-likeness (QED) is 0.926. The standard InChI is InChI=1S/C17H25NO3/c1-11-8-14(13-6-7-18(5)10-13)9-12(2)15(11)21-17(3,4)16(19)20/h8-9,13H,6-7,10H2,1-5H3,(H,19,20). The smallest absolute Gasteiger partial charge is 0.347 e. The Balaban J connectivity index is 2.27.